The van der Waals surface area contributed by atoms with E-state index in [1.807, 2.05) is 0 Å². The molecule has 0 aliphatic rings. The SMILES string of the molecule is Cc1oc(CNCCN(C)C(C)C)cc1C(=O)O. The number of hydrogen-bond donors (Lipinski definition) is 2. The predicted molar refractivity (Wildman–Crippen MR) is 69.9 cm³/mol. The van der Waals surface area contributed by atoms with Crippen LogP contribution in [0.15, 0.2) is 10.5 Å². The lowest BCUT2D eigenvalue weighted by Gasteiger charge is -2.20. The summed E-state index contributed by atoms with van der Waals surface area (Å²) in [5.41, 5.74) is 0.242. The fraction of sp³-hybridized carbons (Fsp3) is 0.615. The van der Waals surface area contributed by atoms with Gasteiger partial charge in [0.2, 0.25) is 0 Å². The zero-order chi connectivity index (χ0) is 13.7. The Labute approximate surface area is 108 Å². The first-order valence-electron chi connectivity index (χ1n) is 6.15. The monoisotopic (exact) mass is 254 g/mol. The molecule has 0 saturated heterocycles. The van der Waals surface area contributed by atoms with Gasteiger partial charge in [0.05, 0.1) is 6.54 Å². The van der Waals surface area contributed by atoms with Gasteiger partial charge in [0, 0.05) is 19.1 Å². The summed E-state index contributed by atoms with van der Waals surface area (Å²) in [6, 6.07) is 2.10. The van der Waals surface area contributed by atoms with Crippen LogP contribution in [0.2, 0.25) is 0 Å². The minimum atomic E-state index is -0.943. The van der Waals surface area contributed by atoms with E-state index in [1.54, 1.807) is 13.0 Å². The largest absolute Gasteiger partial charge is 0.478 e. The summed E-state index contributed by atoms with van der Waals surface area (Å²) in [6.07, 6.45) is 0. The van der Waals surface area contributed by atoms with Crippen LogP contribution in [0, 0.1) is 6.92 Å². The Morgan fingerprint density at radius 1 is 1.56 bits per heavy atom. The van der Waals surface area contributed by atoms with Crippen LogP contribution in [0.1, 0.15) is 35.7 Å². The standard InChI is InChI=1S/C13H22N2O3/c1-9(2)15(4)6-5-14-8-11-7-12(13(16)17)10(3)18-11/h7,9,14H,5-6,8H2,1-4H3,(H,16,17). The van der Waals surface area contributed by atoms with E-state index in [-0.39, 0.29) is 5.56 Å². The van der Waals surface area contributed by atoms with Crippen LogP contribution in [0.3, 0.4) is 0 Å². The summed E-state index contributed by atoms with van der Waals surface area (Å²) in [4.78, 5) is 13.1. The van der Waals surface area contributed by atoms with Crippen LogP contribution >= 0.6 is 0 Å². The van der Waals surface area contributed by atoms with Gasteiger partial charge in [-0.3, -0.25) is 0 Å². The van der Waals surface area contributed by atoms with Gasteiger partial charge in [0.15, 0.2) is 0 Å². The number of hydrogen-bond acceptors (Lipinski definition) is 4. The minimum absolute atomic E-state index is 0.242. The molecule has 5 heteroatoms. The Balaban J connectivity index is 2.36. The van der Waals surface area contributed by atoms with Crippen LogP contribution in [-0.2, 0) is 6.54 Å². The molecule has 0 radical (unpaired) electrons. The van der Waals surface area contributed by atoms with E-state index in [2.05, 4.69) is 31.1 Å². The average molecular weight is 254 g/mol. The fourth-order valence-corrected chi connectivity index (χ4v) is 1.57. The van der Waals surface area contributed by atoms with Crippen molar-refractivity contribution in [3.8, 4) is 0 Å². The number of rotatable bonds is 7. The van der Waals surface area contributed by atoms with Gasteiger partial charge in [0.25, 0.3) is 0 Å². The van der Waals surface area contributed by atoms with E-state index < -0.39 is 5.97 Å². The van der Waals surface area contributed by atoms with Crippen LogP contribution in [-0.4, -0.2) is 42.2 Å². The molecule has 2 N–H and O–H groups in total. The Kier molecular flexibility index (Phi) is 5.37. The molecular formula is C13H22N2O3. The molecule has 102 valence electrons. The number of carboxylic acids is 1. The molecule has 0 amide bonds. The maximum Gasteiger partial charge on any atom is 0.339 e. The number of nitrogens with zero attached hydrogens (tertiary/aromatic N) is 1. The van der Waals surface area contributed by atoms with Crippen molar-refractivity contribution in [1.82, 2.24) is 10.2 Å². The highest BCUT2D eigenvalue weighted by Crippen LogP contribution is 2.14. The van der Waals surface area contributed by atoms with E-state index in [1.165, 1.54) is 0 Å². The summed E-state index contributed by atoms with van der Waals surface area (Å²) in [7, 11) is 2.08. The number of carboxylic acid groups (broad SMARTS) is 1. The molecule has 5 nitrogen and oxygen atoms in total. The van der Waals surface area contributed by atoms with Crippen LogP contribution in [0.25, 0.3) is 0 Å². The highest BCUT2D eigenvalue weighted by molar-refractivity contribution is 5.88. The van der Waals surface area contributed by atoms with Crippen LogP contribution < -0.4 is 5.32 Å². The molecule has 18 heavy (non-hydrogen) atoms. The summed E-state index contributed by atoms with van der Waals surface area (Å²) >= 11 is 0. The molecule has 0 fully saturated rings. The summed E-state index contributed by atoms with van der Waals surface area (Å²) in [5, 5.41) is 12.1. The quantitative estimate of drug-likeness (QED) is 0.725. The lowest BCUT2D eigenvalue weighted by molar-refractivity contribution is 0.0695. The topological polar surface area (TPSA) is 65.7 Å². The highest BCUT2D eigenvalue weighted by Gasteiger charge is 2.13. The van der Waals surface area contributed by atoms with E-state index in [0.717, 1.165) is 13.1 Å². The highest BCUT2D eigenvalue weighted by atomic mass is 16.4. The molecule has 0 atom stereocenters. The molecule has 0 aromatic carbocycles. The van der Waals surface area contributed by atoms with E-state index >= 15 is 0 Å². The van der Waals surface area contributed by atoms with E-state index in [0.29, 0.717) is 24.1 Å². The molecule has 0 spiro atoms. The number of likely N-dealkylation sites (N-methyl/N-ethyl adjacent to an activating group) is 1. The molecule has 1 aromatic heterocycles. The maximum absolute atomic E-state index is 10.8. The third kappa shape index (κ3) is 4.16. The maximum atomic E-state index is 10.8. The molecule has 0 saturated carbocycles. The van der Waals surface area contributed by atoms with Crippen LogP contribution in [0.5, 0.6) is 0 Å². The zero-order valence-corrected chi connectivity index (χ0v) is 11.5. The van der Waals surface area contributed by atoms with Crippen molar-refractivity contribution >= 4 is 5.97 Å². The first kappa shape index (κ1) is 14.7. The molecular weight excluding hydrogens is 232 g/mol. The lowest BCUT2D eigenvalue weighted by atomic mass is 10.2. The van der Waals surface area contributed by atoms with Crippen molar-refractivity contribution in [3.63, 3.8) is 0 Å². The Hall–Kier alpha value is -1.33. The molecule has 0 bridgehead atoms. The Bertz CT molecular complexity index is 399. The minimum Gasteiger partial charge on any atom is -0.478 e. The Morgan fingerprint density at radius 2 is 2.22 bits per heavy atom. The van der Waals surface area contributed by atoms with Gasteiger partial charge in [0.1, 0.15) is 17.1 Å². The number of nitrogens with one attached hydrogen (secondary N) is 1. The Morgan fingerprint density at radius 3 is 2.72 bits per heavy atom. The van der Waals surface area contributed by atoms with Crippen molar-refractivity contribution in [3.05, 3.63) is 23.2 Å². The van der Waals surface area contributed by atoms with Gasteiger partial charge in [-0.25, -0.2) is 4.79 Å². The number of furan rings is 1. The molecule has 1 rings (SSSR count). The predicted octanol–water partition coefficient (Wildman–Crippen LogP) is 1.72. The van der Waals surface area contributed by atoms with Gasteiger partial charge in [-0.15, -0.1) is 0 Å². The van der Waals surface area contributed by atoms with Crippen LogP contribution in [0.4, 0.5) is 0 Å². The smallest absolute Gasteiger partial charge is 0.339 e. The summed E-state index contributed by atoms with van der Waals surface area (Å²) < 4.78 is 5.37. The number of aromatic carboxylic acids is 1. The lowest BCUT2D eigenvalue weighted by Crippen LogP contribution is -2.33. The average Bonchev–Trinajstić information content (AvgIpc) is 2.65. The number of aryl methyl sites for hydroxylation is 1. The normalized spacial score (nSPS) is 11.4. The second-order valence-electron chi connectivity index (χ2n) is 4.74. The molecule has 0 aliphatic heterocycles. The summed E-state index contributed by atoms with van der Waals surface area (Å²) in [5.74, 6) is 0.178. The molecule has 1 heterocycles. The van der Waals surface area contributed by atoms with Gasteiger partial charge >= 0.3 is 5.97 Å². The van der Waals surface area contributed by atoms with E-state index in [9.17, 15) is 4.79 Å². The fourth-order valence-electron chi connectivity index (χ4n) is 1.57. The van der Waals surface area contributed by atoms with Crippen molar-refractivity contribution < 1.29 is 14.3 Å². The van der Waals surface area contributed by atoms with Crippen molar-refractivity contribution in [2.24, 2.45) is 0 Å². The van der Waals surface area contributed by atoms with Crippen molar-refractivity contribution in [2.45, 2.75) is 33.4 Å². The number of carbonyl (C=O) groups is 1. The van der Waals surface area contributed by atoms with Gasteiger partial charge < -0.3 is 19.7 Å². The van der Waals surface area contributed by atoms with Gasteiger partial charge in [-0.2, -0.15) is 0 Å². The first-order valence-corrected chi connectivity index (χ1v) is 6.15. The van der Waals surface area contributed by atoms with Crippen molar-refractivity contribution in [1.29, 1.82) is 0 Å². The van der Waals surface area contributed by atoms with E-state index in [4.69, 9.17) is 9.52 Å². The summed E-state index contributed by atoms with van der Waals surface area (Å²) in [6.45, 7) is 8.31. The van der Waals surface area contributed by atoms with Crippen molar-refractivity contribution in [2.75, 3.05) is 20.1 Å². The molecule has 0 aliphatic carbocycles. The van der Waals surface area contributed by atoms with Gasteiger partial charge in [-0.1, -0.05) is 0 Å². The third-order valence-electron chi connectivity index (χ3n) is 3.02. The third-order valence-corrected chi connectivity index (χ3v) is 3.02. The second kappa shape index (κ2) is 6.56. The molecule has 1 aromatic rings. The zero-order valence-electron chi connectivity index (χ0n) is 11.5. The van der Waals surface area contributed by atoms with Gasteiger partial charge in [-0.05, 0) is 33.9 Å². The molecule has 0 unspecified atom stereocenters. The second-order valence-corrected chi connectivity index (χ2v) is 4.74. The first-order chi connectivity index (χ1) is 8.41.